The molecule has 0 aromatic heterocycles. The van der Waals surface area contributed by atoms with Gasteiger partial charge in [-0.2, -0.15) is 0 Å². The van der Waals surface area contributed by atoms with E-state index in [0.717, 1.165) is 5.56 Å². The number of benzene rings is 1. The van der Waals surface area contributed by atoms with Crippen LogP contribution in [0.4, 0.5) is 0 Å². The Labute approximate surface area is 101 Å². The first-order valence-electron chi connectivity index (χ1n) is 5.63. The van der Waals surface area contributed by atoms with Crippen LogP contribution in [0.2, 0.25) is 0 Å². The Bertz CT molecular complexity index is 398. The topological polar surface area (TPSA) is 66.8 Å². The van der Waals surface area contributed by atoms with E-state index in [1.54, 1.807) is 26.0 Å². The van der Waals surface area contributed by atoms with Crippen LogP contribution in [0.15, 0.2) is 18.2 Å². The minimum absolute atomic E-state index is 0.377. The van der Waals surface area contributed by atoms with Crippen LogP contribution in [0.1, 0.15) is 37.5 Å². The molecule has 0 radical (unpaired) electrons. The smallest absolute Gasteiger partial charge is 0.344 e. The van der Waals surface area contributed by atoms with Gasteiger partial charge in [0, 0.05) is 5.56 Å². The fourth-order valence-electron chi connectivity index (χ4n) is 1.56. The molecule has 1 aromatic carbocycles. The third kappa shape index (κ3) is 3.46. The van der Waals surface area contributed by atoms with Crippen LogP contribution in [0, 0.1) is 6.92 Å². The molecule has 0 aliphatic carbocycles. The Morgan fingerprint density at radius 2 is 2.12 bits per heavy atom. The number of carboxylic acid groups (broad SMARTS) is 1. The van der Waals surface area contributed by atoms with Crippen molar-refractivity contribution < 1.29 is 19.7 Å². The van der Waals surface area contributed by atoms with E-state index in [1.165, 1.54) is 0 Å². The van der Waals surface area contributed by atoms with Crippen molar-refractivity contribution in [1.29, 1.82) is 0 Å². The van der Waals surface area contributed by atoms with Crippen molar-refractivity contribution >= 4 is 5.97 Å². The Morgan fingerprint density at radius 1 is 1.47 bits per heavy atom. The van der Waals surface area contributed by atoms with Crippen molar-refractivity contribution in [3.63, 3.8) is 0 Å². The first kappa shape index (κ1) is 13.5. The summed E-state index contributed by atoms with van der Waals surface area (Å²) in [5.74, 6) is -0.565. The second-order valence-corrected chi connectivity index (χ2v) is 4.07. The van der Waals surface area contributed by atoms with Crippen LogP contribution in [0.5, 0.6) is 5.75 Å². The second-order valence-electron chi connectivity index (χ2n) is 4.07. The fraction of sp³-hybridized carbons (Fsp3) is 0.462. The van der Waals surface area contributed by atoms with Gasteiger partial charge in [0.2, 0.25) is 0 Å². The summed E-state index contributed by atoms with van der Waals surface area (Å²) in [6.07, 6.45) is -1.19. The molecule has 0 saturated heterocycles. The zero-order valence-electron chi connectivity index (χ0n) is 10.3. The lowest BCUT2D eigenvalue weighted by Crippen LogP contribution is -2.26. The summed E-state index contributed by atoms with van der Waals surface area (Å²) in [6, 6.07) is 5.33. The van der Waals surface area contributed by atoms with E-state index in [2.05, 4.69) is 0 Å². The number of hydrogen-bond acceptors (Lipinski definition) is 3. The largest absolute Gasteiger partial charge is 0.479 e. The van der Waals surface area contributed by atoms with Gasteiger partial charge in [0.15, 0.2) is 6.10 Å². The first-order valence-corrected chi connectivity index (χ1v) is 5.63. The van der Waals surface area contributed by atoms with Gasteiger partial charge in [-0.25, -0.2) is 4.79 Å². The van der Waals surface area contributed by atoms with Crippen LogP contribution >= 0.6 is 0 Å². The summed E-state index contributed by atoms with van der Waals surface area (Å²) >= 11 is 0. The molecule has 0 saturated carbocycles. The Morgan fingerprint density at radius 3 is 2.59 bits per heavy atom. The normalized spacial score (nSPS) is 14.1. The number of aliphatic hydroxyl groups excluding tert-OH is 1. The van der Waals surface area contributed by atoms with Gasteiger partial charge in [-0.3, -0.25) is 0 Å². The number of aryl methyl sites for hydroxylation is 1. The molecule has 0 bridgehead atoms. The highest BCUT2D eigenvalue weighted by Crippen LogP contribution is 2.27. The molecule has 0 amide bonds. The van der Waals surface area contributed by atoms with Gasteiger partial charge in [-0.15, -0.1) is 0 Å². The standard InChI is InChI=1S/C13H18O4/c1-4-11(13(15)16)17-12-6-5-8(2)7-10(12)9(3)14/h5-7,9,11,14H,4H2,1-3H3,(H,15,16)/t9-,11?/m0/s1. The van der Waals surface area contributed by atoms with Crippen molar-refractivity contribution in [2.75, 3.05) is 0 Å². The van der Waals surface area contributed by atoms with Gasteiger partial charge in [0.1, 0.15) is 5.75 Å². The van der Waals surface area contributed by atoms with Gasteiger partial charge in [-0.1, -0.05) is 18.6 Å². The molecule has 4 nitrogen and oxygen atoms in total. The van der Waals surface area contributed by atoms with E-state index in [9.17, 15) is 9.90 Å². The summed E-state index contributed by atoms with van der Waals surface area (Å²) in [7, 11) is 0. The maximum absolute atomic E-state index is 10.9. The molecule has 4 heteroatoms. The maximum atomic E-state index is 10.9. The van der Waals surface area contributed by atoms with Crippen LogP contribution in [-0.4, -0.2) is 22.3 Å². The van der Waals surface area contributed by atoms with Crippen molar-refractivity contribution in [1.82, 2.24) is 0 Å². The van der Waals surface area contributed by atoms with E-state index in [0.29, 0.717) is 17.7 Å². The van der Waals surface area contributed by atoms with Crippen molar-refractivity contribution in [3.05, 3.63) is 29.3 Å². The minimum Gasteiger partial charge on any atom is -0.479 e. The molecule has 1 rings (SSSR count). The van der Waals surface area contributed by atoms with Crippen LogP contribution < -0.4 is 4.74 Å². The second kappa shape index (κ2) is 5.68. The maximum Gasteiger partial charge on any atom is 0.344 e. The molecule has 2 N–H and O–H groups in total. The number of aliphatic carboxylic acids is 1. The van der Waals surface area contributed by atoms with Gasteiger partial charge in [0.25, 0.3) is 0 Å². The number of carbonyl (C=O) groups is 1. The van der Waals surface area contributed by atoms with Crippen LogP contribution in [-0.2, 0) is 4.79 Å². The molecule has 0 aliphatic rings. The quantitative estimate of drug-likeness (QED) is 0.826. The van der Waals surface area contributed by atoms with E-state index in [4.69, 9.17) is 9.84 Å². The molecule has 94 valence electrons. The number of aliphatic hydroxyl groups is 1. The van der Waals surface area contributed by atoms with Crippen molar-refractivity contribution in [2.45, 2.75) is 39.4 Å². The van der Waals surface area contributed by atoms with Crippen LogP contribution in [0.3, 0.4) is 0 Å². The number of rotatable bonds is 5. The average molecular weight is 238 g/mol. The molecule has 2 atom stereocenters. The molecule has 17 heavy (non-hydrogen) atoms. The lowest BCUT2D eigenvalue weighted by atomic mass is 10.1. The minimum atomic E-state index is -0.996. The van der Waals surface area contributed by atoms with Crippen molar-refractivity contribution in [2.24, 2.45) is 0 Å². The molecule has 1 unspecified atom stereocenters. The lowest BCUT2D eigenvalue weighted by Gasteiger charge is -2.18. The number of carboxylic acids is 1. The van der Waals surface area contributed by atoms with E-state index < -0.39 is 18.2 Å². The molecule has 0 spiro atoms. The zero-order chi connectivity index (χ0) is 13.0. The third-order valence-electron chi connectivity index (χ3n) is 2.53. The van der Waals surface area contributed by atoms with Gasteiger partial charge in [0.05, 0.1) is 6.10 Å². The van der Waals surface area contributed by atoms with Gasteiger partial charge < -0.3 is 14.9 Å². The van der Waals surface area contributed by atoms with Crippen molar-refractivity contribution in [3.8, 4) is 5.75 Å². The highest BCUT2D eigenvalue weighted by molar-refractivity contribution is 5.72. The Kier molecular flexibility index (Phi) is 4.52. The summed E-state index contributed by atoms with van der Waals surface area (Å²) in [4.78, 5) is 10.9. The number of hydrogen-bond donors (Lipinski definition) is 2. The predicted octanol–water partition coefficient (Wildman–Crippen LogP) is 2.29. The summed E-state index contributed by atoms with van der Waals surface area (Å²) < 4.78 is 5.41. The van der Waals surface area contributed by atoms with E-state index in [-0.39, 0.29) is 0 Å². The summed E-state index contributed by atoms with van der Waals surface area (Å²) in [5, 5.41) is 18.6. The van der Waals surface area contributed by atoms with Gasteiger partial charge >= 0.3 is 5.97 Å². The monoisotopic (exact) mass is 238 g/mol. The predicted molar refractivity (Wildman–Crippen MR) is 64.2 cm³/mol. The lowest BCUT2D eigenvalue weighted by molar-refractivity contribution is -0.145. The SMILES string of the molecule is CCC(Oc1ccc(C)cc1[C@H](C)O)C(=O)O. The molecule has 0 heterocycles. The molecule has 0 aliphatic heterocycles. The Hall–Kier alpha value is -1.55. The highest BCUT2D eigenvalue weighted by atomic mass is 16.5. The van der Waals surface area contributed by atoms with Gasteiger partial charge in [-0.05, 0) is 32.4 Å². The molecular weight excluding hydrogens is 220 g/mol. The highest BCUT2D eigenvalue weighted by Gasteiger charge is 2.19. The average Bonchev–Trinajstić information content (AvgIpc) is 2.26. The summed E-state index contributed by atoms with van der Waals surface area (Å²) in [5.41, 5.74) is 1.61. The molecular formula is C13H18O4. The Balaban J connectivity index is 3.01. The molecule has 1 aromatic rings. The fourth-order valence-corrected chi connectivity index (χ4v) is 1.56. The number of ether oxygens (including phenoxy) is 1. The molecule has 0 fully saturated rings. The first-order chi connectivity index (χ1) is 7.95. The third-order valence-corrected chi connectivity index (χ3v) is 2.53. The zero-order valence-corrected chi connectivity index (χ0v) is 10.3. The van der Waals surface area contributed by atoms with E-state index in [1.807, 2.05) is 13.0 Å². The van der Waals surface area contributed by atoms with Crippen LogP contribution in [0.25, 0.3) is 0 Å². The van der Waals surface area contributed by atoms with E-state index >= 15 is 0 Å². The summed E-state index contributed by atoms with van der Waals surface area (Å²) in [6.45, 7) is 5.28.